The molecule has 0 saturated carbocycles. The molecule has 3 heterocycles. The number of nitrogens with zero attached hydrogens (tertiary/aromatic N) is 4. The van der Waals surface area contributed by atoms with Crippen molar-refractivity contribution in [2.24, 2.45) is 7.05 Å². The summed E-state index contributed by atoms with van der Waals surface area (Å²) in [7, 11) is 1.80. The van der Waals surface area contributed by atoms with Gasteiger partial charge in [0.15, 0.2) is 0 Å². The SMILES string of the molecule is CCN1C(=O)C2(CCN(C(=O)c3cnn(C)c3)CC2)c2ccccc21. The summed E-state index contributed by atoms with van der Waals surface area (Å²) >= 11 is 0. The molecule has 0 N–H and O–H groups in total. The molecular weight excluding hydrogens is 316 g/mol. The fourth-order valence-electron chi connectivity index (χ4n) is 4.20. The quantitative estimate of drug-likeness (QED) is 0.841. The summed E-state index contributed by atoms with van der Waals surface area (Å²) in [6.45, 7) is 3.86. The number of anilines is 1. The minimum absolute atomic E-state index is 0.00553. The van der Waals surface area contributed by atoms with Crippen molar-refractivity contribution in [3.8, 4) is 0 Å². The summed E-state index contributed by atoms with van der Waals surface area (Å²) < 4.78 is 1.63. The number of hydrogen-bond donors (Lipinski definition) is 0. The van der Waals surface area contributed by atoms with E-state index in [-0.39, 0.29) is 11.8 Å². The Kier molecular flexibility index (Phi) is 3.63. The summed E-state index contributed by atoms with van der Waals surface area (Å²) in [5.74, 6) is 0.179. The van der Waals surface area contributed by atoms with Crippen LogP contribution in [0.15, 0.2) is 36.7 Å². The molecule has 0 bridgehead atoms. The first-order valence-corrected chi connectivity index (χ1v) is 8.76. The molecule has 4 rings (SSSR count). The second kappa shape index (κ2) is 5.72. The van der Waals surface area contributed by atoms with Gasteiger partial charge in [0.05, 0.1) is 17.2 Å². The maximum atomic E-state index is 13.1. The maximum absolute atomic E-state index is 13.1. The molecule has 1 aromatic heterocycles. The smallest absolute Gasteiger partial charge is 0.257 e. The Labute approximate surface area is 147 Å². The third-order valence-corrected chi connectivity index (χ3v) is 5.54. The Balaban J connectivity index is 1.59. The van der Waals surface area contributed by atoms with E-state index < -0.39 is 5.41 Å². The van der Waals surface area contributed by atoms with Crippen molar-refractivity contribution >= 4 is 17.5 Å². The highest BCUT2D eigenvalue weighted by Crippen LogP contribution is 2.47. The number of aryl methyl sites for hydroxylation is 1. The monoisotopic (exact) mass is 338 g/mol. The van der Waals surface area contributed by atoms with E-state index in [1.807, 2.05) is 34.9 Å². The van der Waals surface area contributed by atoms with Gasteiger partial charge in [-0.1, -0.05) is 18.2 Å². The average Bonchev–Trinajstić information content (AvgIpc) is 3.16. The fourth-order valence-corrected chi connectivity index (χ4v) is 4.20. The Morgan fingerprint density at radius 1 is 1.24 bits per heavy atom. The predicted octanol–water partition coefficient (Wildman–Crippen LogP) is 1.96. The van der Waals surface area contributed by atoms with Gasteiger partial charge in [-0.05, 0) is 31.4 Å². The van der Waals surface area contributed by atoms with Crippen molar-refractivity contribution in [3.63, 3.8) is 0 Å². The highest BCUT2D eigenvalue weighted by molar-refractivity contribution is 6.08. The normalized spacial score (nSPS) is 18.7. The number of amides is 2. The summed E-state index contributed by atoms with van der Waals surface area (Å²) in [4.78, 5) is 29.5. The fraction of sp³-hybridized carbons (Fsp3) is 0.421. The molecule has 1 aromatic carbocycles. The minimum atomic E-state index is -0.474. The van der Waals surface area contributed by atoms with Crippen LogP contribution in [0, 0.1) is 0 Å². The van der Waals surface area contributed by atoms with Crippen LogP contribution in [0.3, 0.4) is 0 Å². The molecular formula is C19H22N4O2. The number of para-hydroxylation sites is 1. The van der Waals surface area contributed by atoms with Gasteiger partial charge < -0.3 is 9.80 Å². The van der Waals surface area contributed by atoms with Crippen molar-refractivity contribution in [1.29, 1.82) is 0 Å². The molecule has 0 unspecified atom stereocenters. The van der Waals surface area contributed by atoms with Crippen LogP contribution in [0.2, 0.25) is 0 Å². The zero-order chi connectivity index (χ0) is 17.6. The van der Waals surface area contributed by atoms with Crippen LogP contribution in [0.5, 0.6) is 0 Å². The van der Waals surface area contributed by atoms with Gasteiger partial charge in [-0.15, -0.1) is 0 Å². The molecule has 0 aliphatic carbocycles. The van der Waals surface area contributed by atoms with E-state index >= 15 is 0 Å². The summed E-state index contributed by atoms with van der Waals surface area (Å²) in [5, 5.41) is 4.07. The molecule has 130 valence electrons. The van der Waals surface area contributed by atoms with Crippen molar-refractivity contribution in [2.45, 2.75) is 25.2 Å². The first kappa shape index (κ1) is 15.9. The molecule has 6 nitrogen and oxygen atoms in total. The van der Waals surface area contributed by atoms with Crippen LogP contribution >= 0.6 is 0 Å². The highest BCUT2D eigenvalue weighted by Gasteiger charge is 2.51. The average molecular weight is 338 g/mol. The lowest BCUT2D eigenvalue weighted by molar-refractivity contribution is -0.124. The van der Waals surface area contributed by atoms with Gasteiger partial charge >= 0.3 is 0 Å². The zero-order valence-electron chi connectivity index (χ0n) is 14.6. The molecule has 0 atom stereocenters. The van der Waals surface area contributed by atoms with Gasteiger partial charge in [0.1, 0.15) is 0 Å². The Bertz CT molecular complexity index is 833. The predicted molar refractivity (Wildman–Crippen MR) is 94.5 cm³/mol. The topological polar surface area (TPSA) is 58.4 Å². The highest BCUT2D eigenvalue weighted by atomic mass is 16.2. The van der Waals surface area contributed by atoms with Crippen molar-refractivity contribution in [2.75, 3.05) is 24.5 Å². The van der Waals surface area contributed by atoms with E-state index in [4.69, 9.17) is 0 Å². The summed E-state index contributed by atoms with van der Waals surface area (Å²) in [5.41, 5.74) is 2.28. The molecule has 2 aliphatic heterocycles. The van der Waals surface area contributed by atoms with E-state index in [9.17, 15) is 9.59 Å². The molecule has 2 amide bonds. The number of rotatable bonds is 2. The third-order valence-electron chi connectivity index (χ3n) is 5.54. The molecule has 1 spiro atoms. The van der Waals surface area contributed by atoms with Gasteiger partial charge in [0.25, 0.3) is 5.91 Å². The van der Waals surface area contributed by atoms with Crippen LogP contribution in [0.4, 0.5) is 5.69 Å². The standard InChI is InChI=1S/C19H22N4O2/c1-3-23-16-7-5-4-6-15(16)19(18(23)25)8-10-22(11-9-19)17(24)14-12-20-21(2)13-14/h4-7,12-13H,3,8-11H2,1-2H3. The van der Waals surface area contributed by atoms with Crippen molar-refractivity contribution < 1.29 is 9.59 Å². The Morgan fingerprint density at radius 2 is 1.96 bits per heavy atom. The van der Waals surface area contributed by atoms with Crippen LogP contribution < -0.4 is 4.90 Å². The number of likely N-dealkylation sites (tertiary alicyclic amines) is 1. The van der Waals surface area contributed by atoms with Gasteiger partial charge in [0.2, 0.25) is 5.91 Å². The lowest BCUT2D eigenvalue weighted by atomic mass is 9.73. The number of carbonyl (C=O) groups is 2. The maximum Gasteiger partial charge on any atom is 0.257 e. The number of hydrogen-bond acceptors (Lipinski definition) is 3. The molecule has 2 aromatic rings. The van der Waals surface area contributed by atoms with E-state index in [2.05, 4.69) is 11.2 Å². The molecule has 25 heavy (non-hydrogen) atoms. The number of piperidine rings is 1. The van der Waals surface area contributed by atoms with E-state index in [0.717, 1.165) is 11.3 Å². The number of aromatic nitrogens is 2. The van der Waals surface area contributed by atoms with Gasteiger partial charge in [-0.25, -0.2) is 0 Å². The van der Waals surface area contributed by atoms with E-state index in [1.165, 1.54) is 0 Å². The number of carbonyl (C=O) groups excluding carboxylic acids is 2. The van der Waals surface area contributed by atoms with Crippen LogP contribution in [-0.2, 0) is 17.3 Å². The van der Waals surface area contributed by atoms with E-state index in [1.54, 1.807) is 24.1 Å². The van der Waals surface area contributed by atoms with Crippen LogP contribution in [-0.4, -0.2) is 46.1 Å². The van der Waals surface area contributed by atoms with Crippen LogP contribution in [0.1, 0.15) is 35.7 Å². The Hall–Kier alpha value is -2.63. The Morgan fingerprint density at radius 3 is 2.60 bits per heavy atom. The number of benzene rings is 1. The largest absolute Gasteiger partial charge is 0.338 e. The lowest BCUT2D eigenvalue weighted by Crippen LogP contribution is -2.50. The van der Waals surface area contributed by atoms with Crippen LogP contribution in [0.25, 0.3) is 0 Å². The van der Waals surface area contributed by atoms with Crippen molar-refractivity contribution in [3.05, 3.63) is 47.8 Å². The van der Waals surface area contributed by atoms with Gasteiger partial charge in [-0.3, -0.25) is 14.3 Å². The third kappa shape index (κ3) is 2.27. The zero-order valence-corrected chi connectivity index (χ0v) is 14.6. The van der Waals surface area contributed by atoms with Crippen molar-refractivity contribution in [1.82, 2.24) is 14.7 Å². The van der Waals surface area contributed by atoms with E-state index in [0.29, 0.717) is 38.0 Å². The summed E-state index contributed by atoms with van der Waals surface area (Å²) in [6.07, 6.45) is 4.68. The molecule has 2 aliphatic rings. The molecule has 6 heteroatoms. The molecule has 1 saturated heterocycles. The van der Waals surface area contributed by atoms with Gasteiger partial charge in [0, 0.05) is 38.6 Å². The first-order valence-electron chi connectivity index (χ1n) is 8.76. The molecule has 1 fully saturated rings. The summed E-state index contributed by atoms with van der Waals surface area (Å²) in [6, 6.07) is 8.08. The second-order valence-corrected chi connectivity index (χ2v) is 6.84. The molecule has 0 radical (unpaired) electrons. The first-order chi connectivity index (χ1) is 12.1. The second-order valence-electron chi connectivity index (χ2n) is 6.84. The number of fused-ring (bicyclic) bond motifs is 2. The lowest BCUT2D eigenvalue weighted by Gasteiger charge is -2.38. The minimum Gasteiger partial charge on any atom is -0.338 e. The van der Waals surface area contributed by atoms with Gasteiger partial charge in [-0.2, -0.15) is 5.10 Å². The number of likely N-dealkylation sites (N-methyl/N-ethyl adjacent to an activating group) is 1.